The van der Waals surface area contributed by atoms with E-state index in [2.05, 4.69) is 22.4 Å². The zero-order chi connectivity index (χ0) is 9.97. The van der Waals surface area contributed by atoms with Crippen molar-refractivity contribution in [3.63, 3.8) is 0 Å². The average molecular weight is 191 g/mol. The monoisotopic (exact) mass is 191 g/mol. The molecule has 1 unspecified atom stereocenters. The van der Waals surface area contributed by atoms with Crippen LogP contribution in [0.1, 0.15) is 12.6 Å². The summed E-state index contributed by atoms with van der Waals surface area (Å²) in [5.74, 6) is 0. The largest absolute Gasteiger partial charge is 0.336 e. The summed E-state index contributed by atoms with van der Waals surface area (Å²) in [4.78, 5) is 4.09. The summed E-state index contributed by atoms with van der Waals surface area (Å²) in [6.45, 7) is 2.11. The number of aromatic nitrogens is 2. The molecular formula is C10H13N3O. The second-order valence-electron chi connectivity index (χ2n) is 3.38. The maximum atomic E-state index is 5.11. The first-order valence-electron chi connectivity index (χ1n) is 4.68. The summed E-state index contributed by atoms with van der Waals surface area (Å²) in [5, 5.41) is 8.18. The van der Waals surface area contributed by atoms with Crippen molar-refractivity contribution in [2.24, 2.45) is 0 Å². The summed E-state index contributed by atoms with van der Waals surface area (Å²) in [5.41, 5.74) is 1.58. The molecule has 0 aromatic carbocycles. The first kappa shape index (κ1) is 9.15. The van der Waals surface area contributed by atoms with Crippen LogP contribution in [0.15, 0.2) is 22.9 Å². The Hall–Kier alpha value is -1.42. The van der Waals surface area contributed by atoms with E-state index in [9.17, 15) is 0 Å². The molecule has 0 saturated heterocycles. The third-order valence-electron chi connectivity index (χ3n) is 2.32. The number of hydrogen-bond donors (Lipinski definition) is 1. The van der Waals surface area contributed by atoms with Crippen molar-refractivity contribution in [1.29, 1.82) is 0 Å². The highest BCUT2D eigenvalue weighted by Crippen LogP contribution is 2.16. The van der Waals surface area contributed by atoms with Crippen LogP contribution in [0, 0.1) is 0 Å². The third-order valence-corrected chi connectivity index (χ3v) is 2.32. The van der Waals surface area contributed by atoms with E-state index in [1.54, 1.807) is 6.20 Å². The Morgan fingerprint density at radius 1 is 1.57 bits per heavy atom. The van der Waals surface area contributed by atoms with Crippen molar-refractivity contribution >= 4 is 11.1 Å². The maximum absolute atomic E-state index is 5.11. The van der Waals surface area contributed by atoms with Crippen LogP contribution in [0.2, 0.25) is 0 Å². The topological polar surface area (TPSA) is 51.0 Å². The van der Waals surface area contributed by atoms with Crippen LogP contribution in [0.5, 0.6) is 0 Å². The fourth-order valence-electron chi connectivity index (χ4n) is 1.37. The molecule has 74 valence electrons. The molecule has 1 atom stereocenters. The van der Waals surface area contributed by atoms with E-state index in [1.807, 2.05) is 19.2 Å². The van der Waals surface area contributed by atoms with Crippen molar-refractivity contribution in [3.05, 3.63) is 24.0 Å². The van der Waals surface area contributed by atoms with Crippen LogP contribution in [-0.2, 0) is 6.42 Å². The van der Waals surface area contributed by atoms with E-state index < -0.39 is 0 Å². The lowest BCUT2D eigenvalue weighted by atomic mass is 10.1. The molecular weight excluding hydrogens is 178 g/mol. The molecule has 0 spiro atoms. The van der Waals surface area contributed by atoms with Gasteiger partial charge in [-0.05, 0) is 26.1 Å². The summed E-state index contributed by atoms with van der Waals surface area (Å²) in [7, 11) is 1.94. The van der Waals surface area contributed by atoms with E-state index >= 15 is 0 Å². The predicted molar refractivity (Wildman–Crippen MR) is 54.0 cm³/mol. The number of likely N-dealkylation sites (N-methyl/N-ethyl adjacent to an activating group) is 1. The van der Waals surface area contributed by atoms with Gasteiger partial charge in [-0.2, -0.15) is 0 Å². The molecule has 0 aliphatic carbocycles. The van der Waals surface area contributed by atoms with Crippen molar-refractivity contribution in [3.8, 4) is 0 Å². The molecule has 0 aliphatic heterocycles. The number of fused-ring (bicyclic) bond motifs is 1. The van der Waals surface area contributed by atoms with E-state index in [0.29, 0.717) is 11.8 Å². The minimum Gasteiger partial charge on any atom is -0.336 e. The van der Waals surface area contributed by atoms with Crippen LogP contribution in [0.25, 0.3) is 11.1 Å². The van der Waals surface area contributed by atoms with Gasteiger partial charge in [0.15, 0.2) is 0 Å². The molecule has 2 heterocycles. The minimum atomic E-state index is 0.392. The molecule has 0 amide bonds. The first-order chi connectivity index (χ1) is 6.81. The van der Waals surface area contributed by atoms with Gasteiger partial charge in [0.25, 0.3) is 5.71 Å². The zero-order valence-electron chi connectivity index (χ0n) is 8.32. The quantitative estimate of drug-likeness (QED) is 0.796. The van der Waals surface area contributed by atoms with Crippen LogP contribution < -0.4 is 5.32 Å². The van der Waals surface area contributed by atoms with Gasteiger partial charge < -0.3 is 9.84 Å². The van der Waals surface area contributed by atoms with Crippen molar-refractivity contribution in [1.82, 2.24) is 15.5 Å². The van der Waals surface area contributed by atoms with E-state index in [1.165, 1.54) is 0 Å². The Morgan fingerprint density at radius 3 is 3.21 bits per heavy atom. The number of pyridine rings is 1. The Bertz CT molecular complexity index is 424. The molecule has 14 heavy (non-hydrogen) atoms. The normalized spacial score (nSPS) is 13.3. The summed E-state index contributed by atoms with van der Waals surface area (Å²) >= 11 is 0. The van der Waals surface area contributed by atoms with E-state index in [-0.39, 0.29) is 0 Å². The molecule has 2 aromatic rings. The highest BCUT2D eigenvalue weighted by atomic mass is 16.5. The molecule has 0 saturated carbocycles. The average Bonchev–Trinajstić information content (AvgIpc) is 2.62. The van der Waals surface area contributed by atoms with Gasteiger partial charge in [0.1, 0.15) is 0 Å². The fourth-order valence-corrected chi connectivity index (χ4v) is 1.37. The van der Waals surface area contributed by atoms with Crippen LogP contribution in [0.3, 0.4) is 0 Å². The van der Waals surface area contributed by atoms with Gasteiger partial charge in [-0.3, -0.25) is 0 Å². The molecule has 0 bridgehead atoms. The second-order valence-corrected chi connectivity index (χ2v) is 3.38. The summed E-state index contributed by atoms with van der Waals surface area (Å²) in [6, 6.07) is 4.27. The van der Waals surface area contributed by atoms with E-state index in [0.717, 1.165) is 17.5 Å². The summed E-state index contributed by atoms with van der Waals surface area (Å²) in [6.07, 6.45) is 2.56. The van der Waals surface area contributed by atoms with Crippen LogP contribution >= 0.6 is 0 Å². The maximum Gasteiger partial charge on any atom is 0.257 e. The lowest BCUT2D eigenvalue weighted by molar-refractivity contribution is 0.433. The lowest BCUT2D eigenvalue weighted by Crippen LogP contribution is -2.23. The van der Waals surface area contributed by atoms with Gasteiger partial charge >= 0.3 is 0 Å². The Balaban J connectivity index is 2.33. The van der Waals surface area contributed by atoms with Gasteiger partial charge in [0.05, 0.1) is 11.1 Å². The van der Waals surface area contributed by atoms with Gasteiger partial charge in [-0.25, -0.2) is 4.98 Å². The third kappa shape index (κ3) is 1.61. The Labute approximate surface area is 82.3 Å². The summed E-state index contributed by atoms with van der Waals surface area (Å²) < 4.78 is 5.11. The smallest absolute Gasteiger partial charge is 0.257 e. The van der Waals surface area contributed by atoms with Gasteiger partial charge in [0.2, 0.25) is 0 Å². The number of rotatable bonds is 3. The molecule has 0 aliphatic rings. The Morgan fingerprint density at radius 2 is 2.43 bits per heavy atom. The van der Waals surface area contributed by atoms with Gasteiger partial charge in [0, 0.05) is 18.7 Å². The standard InChI is InChI=1S/C10H13N3O/c1-7(11-2)6-9-8-4-3-5-12-10(8)14-13-9/h3-5,7,11H,6H2,1-2H3. The van der Waals surface area contributed by atoms with Crippen LogP contribution in [0.4, 0.5) is 0 Å². The molecule has 0 radical (unpaired) electrons. The van der Waals surface area contributed by atoms with E-state index in [4.69, 9.17) is 4.52 Å². The van der Waals surface area contributed by atoms with Gasteiger partial charge in [-0.15, -0.1) is 0 Å². The SMILES string of the molecule is CNC(C)Cc1noc2ncccc12. The Kier molecular flexibility index (Phi) is 2.45. The number of nitrogens with one attached hydrogen (secondary N) is 1. The molecule has 2 rings (SSSR count). The van der Waals surface area contributed by atoms with Crippen LogP contribution in [-0.4, -0.2) is 23.2 Å². The van der Waals surface area contributed by atoms with Crippen molar-refractivity contribution in [2.45, 2.75) is 19.4 Å². The lowest BCUT2D eigenvalue weighted by Gasteiger charge is -2.06. The molecule has 0 fully saturated rings. The second kappa shape index (κ2) is 3.75. The minimum absolute atomic E-state index is 0.392. The molecule has 2 aromatic heterocycles. The molecule has 4 heteroatoms. The van der Waals surface area contributed by atoms with Gasteiger partial charge in [-0.1, -0.05) is 5.16 Å². The van der Waals surface area contributed by atoms with Crippen molar-refractivity contribution < 1.29 is 4.52 Å². The first-order valence-corrected chi connectivity index (χ1v) is 4.68. The molecule has 4 nitrogen and oxygen atoms in total. The zero-order valence-corrected chi connectivity index (χ0v) is 8.32. The number of nitrogens with zero attached hydrogens (tertiary/aromatic N) is 2. The highest BCUT2D eigenvalue weighted by Gasteiger charge is 2.10. The number of hydrogen-bond acceptors (Lipinski definition) is 4. The molecule has 1 N–H and O–H groups in total. The predicted octanol–water partition coefficient (Wildman–Crippen LogP) is 1.37. The van der Waals surface area contributed by atoms with Crippen molar-refractivity contribution in [2.75, 3.05) is 7.05 Å². The fraction of sp³-hybridized carbons (Fsp3) is 0.400. The highest BCUT2D eigenvalue weighted by molar-refractivity contribution is 5.75.